The lowest BCUT2D eigenvalue weighted by atomic mass is 9.92. The lowest BCUT2D eigenvalue weighted by molar-refractivity contribution is 0.103. The van der Waals surface area contributed by atoms with Gasteiger partial charge in [-0.1, -0.05) is 49.7 Å². The van der Waals surface area contributed by atoms with Crippen molar-refractivity contribution in [1.82, 2.24) is 4.72 Å². The van der Waals surface area contributed by atoms with Crippen molar-refractivity contribution in [3.8, 4) is 0 Å². The number of ketones is 1. The van der Waals surface area contributed by atoms with Gasteiger partial charge in [0.05, 0.1) is 22.6 Å². The molecule has 1 N–H and O–H groups in total. The molecule has 1 unspecified atom stereocenters. The molecule has 33 heavy (non-hydrogen) atoms. The summed E-state index contributed by atoms with van der Waals surface area (Å²) >= 11 is 9.15. The predicted octanol–water partition coefficient (Wildman–Crippen LogP) is 5.99. The number of nitrogens with one attached hydrogen (secondary N) is 1. The van der Waals surface area contributed by atoms with Crippen LogP contribution >= 0.6 is 35.1 Å². The van der Waals surface area contributed by atoms with Gasteiger partial charge < -0.3 is 9.05 Å². The summed E-state index contributed by atoms with van der Waals surface area (Å²) in [5, 5.41) is -1.62. The number of fused-ring (bicyclic) bond motifs is 1. The maximum absolute atomic E-state index is 14.4. The molecule has 7 nitrogen and oxygen atoms in total. The number of allylic oxidation sites excluding steroid dienone is 1. The smallest absolute Gasteiger partial charge is 0.307 e. The molecule has 0 heterocycles. The summed E-state index contributed by atoms with van der Waals surface area (Å²) in [5.74, 6) is -0.371. The number of carbonyl (C=O) groups is 1. The molecular weight excluding hydrogens is 553 g/mol. The Kier molecular flexibility index (Phi) is 8.38. The van der Waals surface area contributed by atoms with Crippen molar-refractivity contribution in [2.75, 3.05) is 13.2 Å². The van der Waals surface area contributed by atoms with E-state index in [1.54, 1.807) is 24.3 Å². The Morgan fingerprint density at radius 2 is 1.61 bits per heavy atom. The molecule has 1 aliphatic rings. The van der Waals surface area contributed by atoms with Gasteiger partial charge in [-0.3, -0.25) is 9.36 Å². The van der Waals surface area contributed by atoms with Gasteiger partial charge in [0.1, 0.15) is 0 Å². The Bertz CT molecular complexity index is 1210. The summed E-state index contributed by atoms with van der Waals surface area (Å²) < 4.78 is 55.6. The van der Waals surface area contributed by atoms with Crippen LogP contribution in [0.3, 0.4) is 0 Å². The first kappa shape index (κ1) is 26.3. The monoisotopic (exact) mass is 575 g/mol. The standard InChI is InChI=1S/C22H24BrClNO6PS/c1-3-13-30-32(27,31-14-4-2)22(25-33(28,29)17-11-9-16(24)10-12-17)15-20(23)21(26)18-7-5-6-8-19(18)22/h5-12,15,25H,3-4,13-14H2,1-2H3. The van der Waals surface area contributed by atoms with E-state index in [0.29, 0.717) is 17.9 Å². The van der Waals surface area contributed by atoms with E-state index in [9.17, 15) is 17.8 Å². The van der Waals surface area contributed by atoms with Crippen molar-refractivity contribution in [3.05, 3.63) is 75.2 Å². The third kappa shape index (κ3) is 5.20. The highest BCUT2D eigenvalue weighted by atomic mass is 79.9. The van der Waals surface area contributed by atoms with Crippen molar-refractivity contribution in [3.63, 3.8) is 0 Å². The van der Waals surface area contributed by atoms with Gasteiger partial charge in [0.15, 0.2) is 11.1 Å². The van der Waals surface area contributed by atoms with Crippen LogP contribution in [0.4, 0.5) is 0 Å². The molecule has 1 aliphatic carbocycles. The van der Waals surface area contributed by atoms with Gasteiger partial charge in [0, 0.05) is 16.1 Å². The number of benzene rings is 2. The molecule has 0 saturated carbocycles. The molecule has 2 aromatic carbocycles. The molecule has 0 spiro atoms. The first-order chi connectivity index (χ1) is 15.6. The zero-order valence-electron chi connectivity index (χ0n) is 18.1. The second-order valence-corrected chi connectivity index (χ2v) is 12.5. The number of rotatable bonds is 10. The third-order valence-corrected chi connectivity index (χ3v) is 9.78. The van der Waals surface area contributed by atoms with Crippen LogP contribution in [-0.2, 0) is 28.9 Å². The van der Waals surface area contributed by atoms with Crippen molar-refractivity contribution in [1.29, 1.82) is 0 Å². The van der Waals surface area contributed by atoms with Gasteiger partial charge in [0.25, 0.3) is 0 Å². The fraction of sp³-hybridized carbons (Fsp3) is 0.318. The average Bonchev–Trinajstić information content (AvgIpc) is 2.79. The van der Waals surface area contributed by atoms with Crippen LogP contribution < -0.4 is 4.72 Å². The Balaban J connectivity index is 2.30. The van der Waals surface area contributed by atoms with E-state index in [4.69, 9.17) is 20.6 Å². The van der Waals surface area contributed by atoms with Crippen molar-refractivity contribution in [2.24, 2.45) is 0 Å². The molecular formula is C22H24BrClNO6PS. The molecule has 1 atom stereocenters. The first-order valence-corrected chi connectivity index (χ1v) is 14.5. The minimum Gasteiger partial charge on any atom is -0.307 e. The molecule has 0 aromatic heterocycles. The fourth-order valence-corrected chi connectivity index (χ4v) is 8.34. The van der Waals surface area contributed by atoms with Crippen LogP contribution in [0.25, 0.3) is 0 Å². The van der Waals surface area contributed by atoms with Gasteiger partial charge in [-0.05, 0) is 59.1 Å². The van der Waals surface area contributed by atoms with E-state index in [1.165, 1.54) is 30.3 Å². The van der Waals surface area contributed by atoms with Gasteiger partial charge >= 0.3 is 7.60 Å². The largest absolute Gasteiger partial charge is 0.360 e. The van der Waals surface area contributed by atoms with Crippen molar-refractivity contribution in [2.45, 2.75) is 36.9 Å². The fourth-order valence-electron chi connectivity index (χ4n) is 3.38. The summed E-state index contributed by atoms with van der Waals surface area (Å²) in [5.41, 5.74) is 0.373. The number of sulfonamides is 1. The average molecular weight is 577 g/mol. The molecule has 2 aromatic rings. The molecule has 0 saturated heterocycles. The lowest BCUT2D eigenvalue weighted by Gasteiger charge is -2.40. The SMILES string of the molecule is CCCOP(=O)(OCCC)C1(NS(=O)(=O)c2ccc(Cl)cc2)C=C(Br)C(=O)c2ccccc21. The minimum absolute atomic E-state index is 0.0421. The molecule has 3 rings (SSSR count). The van der Waals surface area contributed by atoms with Crippen LogP contribution in [0, 0.1) is 0 Å². The quantitative estimate of drug-likeness (QED) is 0.349. The van der Waals surface area contributed by atoms with Crippen molar-refractivity contribution < 1.29 is 26.8 Å². The number of hydrogen-bond acceptors (Lipinski definition) is 6. The Morgan fingerprint density at radius 1 is 1.03 bits per heavy atom. The molecule has 178 valence electrons. The molecule has 0 aliphatic heterocycles. The van der Waals surface area contributed by atoms with Crippen LogP contribution in [0.2, 0.25) is 5.02 Å². The highest BCUT2D eigenvalue weighted by Crippen LogP contribution is 2.66. The predicted molar refractivity (Wildman–Crippen MR) is 131 cm³/mol. The number of carbonyl (C=O) groups excluding carboxylic acids is 1. The second kappa shape index (κ2) is 10.5. The summed E-state index contributed by atoms with van der Waals surface area (Å²) in [6, 6.07) is 11.9. The topological polar surface area (TPSA) is 98.8 Å². The van der Waals surface area contributed by atoms with E-state index in [-0.39, 0.29) is 39.5 Å². The Labute approximate surface area is 207 Å². The van der Waals surface area contributed by atoms with E-state index in [1.807, 2.05) is 13.8 Å². The minimum atomic E-state index is -4.27. The number of hydrogen-bond donors (Lipinski definition) is 1. The van der Waals surface area contributed by atoms with E-state index in [0.717, 1.165) is 0 Å². The summed E-state index contributed by atoms with van der Waals surface area (Å²) in [6.45, 7) is 3.79. The maximum atomic E-state index is 14.4. The summed E-state index contributed by atoms with van der Waals surface area (Å²) in [6.07, 6.45) is 2.31. The highest BCUT2D eigenvalue weighted by molar-refractivity contribution is 9.12. The molecule has 0 radical (unpaired) electrons. The molecule has 0 bridgehead atoms. The Hall–Kier alpha value is -1.32. The maximum Gasteiger partial charge on any atom is 0.360 e. The van der Waals surface area contributed by atoms with Crippen molar-refractivity contribution >= 4 is 50.9 Å². The second-order valence-electron chi connectivity index (χ2n) is 7.36. The summed E-state index contributed by atoms with van der Waals surface area (Å²) in [7, 11) is -8.53. The van der Waals surface area contributed by atoms with Crippen LogP contribution in [0.5, 0.6) is 0 Å². The Morgan fingerprint density at radius 3 is 2.18 bits per heavy atom. The van der Waals surface area contributed by atoms with Gasteiger partial charge in [0.2, 0.25) is 10.0 Å². The zero-order valence-corrected chi connectivity index (χ0v) is 22.1. The number of halogens is 2. The van der Waals surface area contributed by atoms with E-state index >= 15 is 0 Å². The number of Topliss-reactive ketones (excluding diaryl/α,β-unsaturated/α-hetero) is 1. The van der Waals surface area contributed by atoms with E-state index in [2.05, 4.69) is 20.7 Å². The van der Waals surface area contributed by atoms with E-state index < -0.39 is 22.9 Å². The lowest BCUT2D eigenvalue weighted by Crippen LogP contribution is -2.47. The molecule has 11 heteroatoms. The van der Waals surface area contributed by atoms with Gasteiger partial charge in [-0.2, -0.15) is 4.72 Å². The highest BCUT2D eigenvalue weighted by Gasteiger charge is 2.57. The zero-order chi connectivity index (χ0) is 24.3. The summed E-state index contributed by atoms with van der Waals surface area (Å²) in [4.78, 5) is 12.8. The van der Waals surface area contributed by atoms with Crippen LogP contribution in [0.15, 0.2) is 64.0 Å². The van der Waals surface area contributed by atoms with Crippen LogP contribution in [-0.4, -0.2) is 27.4 Å². The van der Waals surface area contributed by atoms with Crippen LogP contribution in [0.1, 0.15) is 42.6 Å². The molecule has 0 fully saturated rings. The molecule has 0 amide bonds. The third-order valence-electron chi connectivity index (χ3n) is 4.91. The van der Waals surface area contributed by atoms with Gasteiger partial charge in [-0.15, -0.1) is 0 Å². The van der Waals surface area contributed by atoms with Gasteiger partial charge in [-0.25, -0.2) is 8.42 Å². The normalized spacial score (nSPS) is 18.7. The first-order valence-electron chi connectivity index (χ1n) is 10.3.